The number of carbonyl (C=O) groups excluding carboxylic acids is 2. The molecule has 0 atom stereocenters. The van der Waals surface area contributed by atoms with Crippen molar-refractivity contribution >= 4 is 35.1 Å². The van der Waals surface area contributed by atoms with E-state index in [0.29, 0.717) is 29.8 Å². The van der Waals surface area contributed by atoms with Crippen LogP contribution in [0.5, 0.6) is 0 Å². The average molecular weight is 461 g/mol. The van der Waals surface area contributed by atoms with Gasteiger partial charge in [-0.3, -0.25) is 14.6 Å². The number of pyridine rings is 3. The maximum atomic E-state index is 12.5. The molecule has 3 rings (SSSR count). The molecule has 34 heavy (non-hydrogen) atoms. The summed E-state index contributed by atoms with van der Waals surface area (Å²) in [5.74, 6) is 1.81. The number of rotatable bonds is 6. The van der Waals surface area contributed by atoms with Gasteiger partial charge in [0, 0.05) is 17.0 Å². The van der Waals surface area contributed by atoms with Crippen LogP contribution >= 0.6 is 0 Å². The van der Waals surface area contributed by atoms with Gasteiger partial charge >= 0.3 is 0 Å². The number of nitrogens with zero attached hydrogens (tertiary/aromatic N) is 4. The molecule has 0 aromatic carbocycles. The predicted octanol–water partition coefficient (Wildman–Crippen LogP) is 5.18. The third kappa shape index (κ3) is 6.60. The summed E-state index contributed by atoms with van der Waals surface area (Å²) >= 11 is 0. The molecule has 8 heteroatoms. The maximum Gasteiger partial charge on any atom is 0.230 e. The van der Waals surface area contributed by atoms with Crippen molar-refractivity contribution in [2.45, 2.75) is 48.1 Å². The molecule has 3 aromatic rings. The summed E-state index contributed by atoms with van der Waals surface area (Å²) in [6, 6.07) is 16.5. The first-order valence-electron chi connectivity index (χ1n) is 11.2. The van der Waals surface area contributed by atoms with Crippen LogP contribution in [0.3, 0.4) is 0 Å². The Morgan fingerprint density at radius 3 is 1.65 bits per heavy atom. The molecule has 178 valence electrons. The van der Waals surface area contributed by atoms with E-state index < -0.39 is 10.8 Å². The van der Waals surface area contributed by atoms with E-state index in [1.54, 1.807) is 18.3 Å². The Bertz CT molecular complexity index is 1080. The molecule has 0 aliphatic rings. The molecular weight excluding hydrogens is 428 g/mol. The normalized spacial score (nSPS) is 11.6. The molecule has 0 aliphatic heterocycles. The van der Waals surface area contributed by atoms with Gasteiger partial charge < -0.3 is 15.5 Å². The van der Waals surface area contributed by atoms with Gasteiger partial charge in [-0.05, 0) is 36.4 Å². The van der Waals surface area contributed by atoms with Crippen molar-refractivity contribution in [1.29, 1.82) is 0 Å². The summed E-state index contributed by atoms with van der Waals surface area (Å²) in [5.41, 5.74) is -0.279. The minimum Gasteiger partial charge on any atom is -0.310 e. The molecule has 0 radical (unpaired) electrons. The number of aromatic nitrogens is 3. The summed E-state index contributed by atoms with van der Waals surface area (Å²) < 4.78 is 0. The lowest BCUT2D eigenvalue weighted by atomic mass is 9.96. The van der Waals surface area contributed by atoms with Gasteiger partial charge in [-0.1, -0.05) is 59.7 Å². The predicted molar refractivity (Wildman–Crippen MR) is 135 cm³/mol. The molecule has 0 unspecified atom stereocenters. The highest BCUT2D eigenvalue weighted by Gasteiger charge is 2.23. The van der Waals surface area contributed by atoms with Crippen LogP contribution in [0.15, 0.2) is 60.8 Å². The van der Waals surface area contributed by atoms with Gasteiger partial charge in [0.05, 0.1) is 12.2 Å². The van der Waals surface area contributed by atoms with Crippen molar-refractivity contribution in [1.82, 2.24) is 15.0 Å². The topological polar surface area (TPSA) is 100 Å². The molecule has 3 heterocycles. The van der Waals surface area contributed by atoms with Gasteiger partial charge in [0.15, 0.2) is 0 Å². The molecule has 0 saturated carbocycles. The van der Waals surface area contributed by atoms with E-state index in [0.717, 1.165) is 5.69 Å². The van der Waals surface area contributed by atoms with Gasteiger partial charge in [0.2, 0.25) is 11.8 Å². The van der Waals surface area contributed by atoms with Crippen LogP contribution in [0, 0.1) is 10.8 Å². The monoisotopic (exact) mass is 460 g/mol. The fourth-order valence-electron chi connectivity index (χ4n) is 2.83. The molecular formula is C26H32N6O2. The van der Waals surface area contributed by atoms with Gasteiger partial charge in [0.1, 0.15) is 23.3 Å². The SMILES string of the molecule is CC(C)(C)C(=O)Nc1cccc(N(Cc2ccccn2)c2cccc(NC(=O)C(C)(C)C)n2)n1. The fourth-order valence-corrected chi connectivity index (χ4v) is 2.83. The van der Waals surface area contributed by atoms with E-state index in [1.807, 2.05) is 88.9 Å². The van der Waals surface area contributed by atoms with Crippen LogP contribution < -0.4 is 15.5 Å². The highest BCUT2D eigenvalue weighted by atomic mass is 16.2. The lowest BCUT2D eigenvalue weighted by Gasteiger charge is -2.24. The van der Waals surface area contributed by atoms with E-state index in [1.165, 1.54) is 0 Å². The smallest absolute Gasteiger partial charge is 0.230 e. The third-order valence-electron chi connectivity index (χ3n) is 4.91. The van der Waals surface area contributed by atoms with Gasteiger partial charge in [-0.15, -0.1) is 0 Å². The second kappa shape index (κ2) is 9.99. The number of hydrogen-bond acceptors (Lipinski definition) is 6. The second-order valence-corrected chi connectivity index (χ2v) is 10.1. The third-order valence-corrected chi connectivity index (χ3v) is 4.91. The summed E-state index contributed by atoms with van der Waals surface area (Å²) in [5, 5.41) is 5.75. The van der Waals surface area contributed by atoms with Crippen LogP contribution in [0.2, 0.25) is 0 Å². The molecule has 0 spiro atoms. The summed E-state index contributed by atoms with van der Waals surface area (Å²) in [6.07, 6.45) is 1.73. The average Bonchev–Trinajstić information content (AvgIpc) is 2.77. The molecule has 0 bridgehead atoms. The van der Waals surface area contributed by atoms with Gasteiger partial charge in [-0.2, -0.15) is 0 Å². The largest absolute Gasteiger partial charge is 0.310 e. The minimum atomic E-state index is -0.549. The Labute approximate surface area is 200 Å². The van der Waals surface area contributed by atoms with E-state index in [4.69, 9.17) is 0 Å². The zero-order valence-corrected chi connectivity index (χ0v) is 20.6. The van der Waals surface area contributed by atoms with E-state index in [2.05, 4.69) is 25.6 Å². The first kappa shape index (κ1) is 24.8. The minimum absolute atomic E-state index is 0.126. The molecule has 8 nitrogen and oxygen atoms in total. The number of carbonyl (C=O) groups is 2. The summed E-state index contributed by atoms with van der Waals surface area (Å²) in [6.45, 7) is 11.5. The maximum absolute atomic E-state index is 12.5. The van der Waals surface area contributed by atoms with Crippen molar-refractivity contribution in [3.63, 3.8) is 0 Å². The molecule has 3 aromatic heterocycles. The Kier molecular flexibility index (Phi) is 7.29. The van der Waals surface area contributed by atoms with Crippen molar-refractivity contribution < 1.29 is 9.59 Å². The second-order valence-electron chi connectivity index (χ2n) is 10.1. The first-order chi connectivity index (χ1) is 15.9. The zero-order chi connectivity index (χ0) is 24.9. The van der Waals surface area contributed by atoms with E-state index >= 15 is 0 Å². The molecule has 0 saturated heterocycles. The van der Waals surface area contributed by atoms with E-state index in [9.17, 15) is 9.59 Å². The molecule has 0 fully saturated rings. The van der Waals surface area contributed by atoms with Crippen LogP contribution in [-0.4, -0.2) is 26.8 Å². The number of nitrogens with one attached hydrogen (secondary N) is 2. The Morgan fingerprint density at radius 1 is 0.735 bits per heavy atom. The zero-order valence-electron chi connectivity index (χ0n) is 20.6. The number of anilines is 4. The van der Waals surface area contributed by atoms with Crippen LogP contribution in [0.4, 0.5) is 23.3 Å². The van der Waals surface area contributed by atoms with Crippen LogP contribution in [0.1, 0.15) is 47.2 Å². The van der Waals surface area contributed by atoms with Crippen molar-refractivity contribution in [2.24, 2.45) is 10.8 Å². The molecule has 0 aliphatic carbocycles. The standard InChI is InChI=1S/C26H32N6O2/c1-25(2,3)23(33)30-19-12-9-14-21(28-19)32(17-18-11-7-8-16-27-18)22-15-10-13-20(29-22)31-24(34)26(4,5)6/h7-16H,17H2,1-6H3,(H,28,30,33)(H,29,31,34). The number of hydrogen-bond donors (Lipinski definition) is 2. The van der Waals surface area contributed by atoms with E-state index in [-0.39, 0.29) is 11.8 Å². The first-order valence-corrected chi connectivity index (χ1v) is 11.2. The molecule has 2 amide bonds. The highest BCUT2D eigenvalue weighted by molar-refractivity contribution is 5.94. The Morgan fingerprint density at radius 2 is 1.24 bits per heavy atom. The Hall–Kier alpha value is -3.81. The number of amides is 2. The van der Waals surface area contributed by atoms with Crippen LogP contribution in [0.25, 0.3) is 0 Å². The van der Waals surface area contributed by atoms with Gasteiger partial charge in [0.25, 0.3) is 0 Å². The van der Waals surface area contributed by atoms with Crippen molar-refractivity contribution in [3.8, 4) is 0 Å². The van der Waals surface area contributed by atoms with Crippen molar-refractivity contribution in [2.75, 3.05) is 15.5 Å². The lowest BCUT2D eigenvalue weighted by Crippen LogP contribution is -2.29. The fraction of sp³-hybridized carbons (Fsp3) is 0.346. The summed E-state index contributed by atoms with van der Waals surface area (Å²) in [7, 11) is 0. The van der Waals surface area contributed by atoms with Gasteiger partial charge in [-0.25, -0.2) is 9.97 Å². The van der Waals surface area contributed by atoms with Crippen molar-refractivity contribution in [3.05, 3.63) is 66.5 Å². The lowest BCUT2D eigenvalue weighted by molar-refractivity contribution is -0.123. The quantitative estimate of drug-likeness (QED) is 0.526. The summed E-state index contributed by atoms with van der Waals surface area (Å²) in [4.78, 5) is 40.6. The van der Waals surface area contributed by atoms with Crippen LogP contribution in [-0.2, 0) is 16.1 Å². The highest BCUT2D eigenvalue weighted by Crippen LogP contribution is 2.27. The molecule has 2 N–H and O–H groups in total. The Balaban J connectivity index is 1.97.